The van der Waals surface area contributed by atoms with Crippen LogP contribution in [0.2, 0.25) is 0 Å². The largest absolute Gasteiger partial charge is 0.507 e. The molecule has 3 rings (SSSR count). The Morgan fingerprint density at radius 1 is 0.361 bits per heavy atom. The molecule has 0 aliphatic rings. The average molecular weight is 534 g/mol. The van der Waals surface area contributed by atoms with Crippen molar-refractivity contribution < 1.29 is 62.9 Å². The fraction of sp³-hybridized carbons (Fsp3) is 0.182. The highest BCUT2D eigenvalue weighted by molar-refractivity contribution is 5.81. The predicted molar refractivity (Wildman–Crippen MR) is 101 cm³/mol. The van der Waals surface area contributed by atoms with Gasteiger partial charge in [-0.05, 0) is 59.7 Å². The van der Waals surface area contributed by atoms with Crippen molar-refractivity contribution in [1.29, 1.82) is 0 Å². The van der Waals surface area contributed by atoms with Gasteiger partial charge in [-0.25, -0.2) is 0 Å². The minimum absolute atomic E-state index is 0.198. The topological polar surface area (TPSA) is 40.5 Å². The van der Waals surface area contributed by atoms with E-state index in [1.165, 1.54) is 0 Å². The first-order chi connectivity index (χ1) is 16.2. The van der Waals surface area contributed by atoms with Gasteiger partial charge in [0.2, 0.25) is 0 Å². The van der Waals surface area contributed by atoms with Gasteiger partial charge in [-0.3, -0.25) is 0 Å². The van der Waals surface area contributed by atoms with Gasteiger partial charge in [0.15, 0.2) is 0 Å². The van der Waals surface area contributed by atoms with E-state index in [9.17, 15) is 62.9 Å². The van der Waals surface area contributed by atoms with Gasteiger partial charge in [0.05, 0.1) is 22.3 Å². The minimum Gasteiger partial charge on any atom is -0.507 e. The zero-order chi connectivity index (χ0) is 27.4. The highest BCUT2D eigenvalue weighted by Crippen LogP contribution is 2.45. The summed E-state index contributed by atoms with van der Waals surface area (Å²) in [5.41, 5.74) is -10.4. The summed E-state index contributed by atoms with van der Waals surface area (Å²) in [4.78, 5) is 0. The molecule has 0 heterocycles. The van der Waals surface area contributed by atoms with Crippen LogP contribution < -0.4 is 0 Å². The Kier molecular flexibility index (Phi) is 6.39. The smallest absolute Gasteiger partial charge is 0.416 e. The van der Waals surface area contributed by atoms with Crippen LogP contribution in [0.3, 0.4) is 0 Å². The van der Waals surface area contributed by atoms with Crippen molar-refractivity contribution in [3.8, 4) is 33.8 Å². The summed E-state index contributed by atoms with van der Waals surface area (Å²) < 4.78 is 157. The van der Waals surface area contributed by atoms with Gasteiger partial charge in [-0.1, -0.05) is 0 Å². The number of halogens is 12. The number of rotatable bonds is 2. The Labute approximate surface area is 193 Å². The molecule has 0 radical (unpaired) electrons. The first kappa shape index (κ1) is 27.0. The lowest BCUT2D eigenvalue weighted by molar-refractivity contribution is -0.144. The van der Waals surface area contributed by atoms with Gasteiger partial charge in [0.1, 0.15) is 11.5 Å². The highest BCUT2D eigenvalue weighted by atomic mass is 19.4. The van der Waals surface area contributed by atoms with E-state index in [-0.39, 0.29) is 36.4 Å². The molecule has 2 N–H and O–H groups in total. The molecule has 3 aromatic rings. The number of alkyl halides is 12. The number of phenols is 2. The summed E-state index contributed by atoms with van der Waals surface area (Å²) in [6.45, 7) is 0. The maximum atomic E-state index is 13.1. The first-order valence-corrected chi connectivity index (χ1v) is 9.33. The summed E-state index contributed by atoms with van der Waals surface area (Å²) >= 11 is 0. The number of aromatic hydroxyl groups is 2. The van der Waals surface area contributed by atoms with E-state index in [0.717, 1.165) is 0 Å². The van der Waals surface area contributed by atoms with Gasteiger partial charge in [-0.2, -0.15) is 52.7 Å². The third-order valence-electron chi connectivity index (χ3n) is 4.91. The summed E-state index contributed by atoms with van der Waals surface area (Å²) in [6.07, 6.45) is -21.0. The Balaban J connectivity index is 2.25. The average Bonchev–Trinajstić information content (AvgIpc) is 2.72. The van der Waals surface area contributed by atoms with Gasteiger partial charge in [-0.15, -0.1) is 0 Å². The van der Waals surface area contributed by atoms with Gasteiger partial charge < -0.3 is 10.2 Å². The lowest BCUT2D eigenvalue weighted by atomic mass is 9.93. The zero-order valence-corrected chi connectivity index (χ0v) is 17.0. The molecule has 0 saturated carbocycles. The molecule has 0 bridgehead atoms. The lowest BCUT2D eigenvalue weighted by Crippen LogP contribution is -2.11. The fourth-order valence-corrected chi connectivity index (χ4v) is 3.26. The quantitative estimate of drug-likeness (QED) is 0.256. The van der Waals surface area contributed by atoms with E-state index in [1.54, 1.807) is 0 Å². The Morgan fingerprint density at radius 2 is 0.583 bits per heavy atom. The molecule has 0 unspecified atom stereocenters. The molecule has 2 nitrogen and oxygen atoms in total. The van der Waals surface area contributed by atoms with Crippen LogP contribution in [0.4, 0.5) is 52.7 Å². The van der Waals surface area contributed by atoms with E-state index in [4.69, 9.17) is 0 Å². The number of benzene rings is 3. The van der Waals surface area contributed by atoms with E-state index in [0.29, 0.717) is 12.1 Å². The second-order valence-corrected chi connectivity index (χ2v) is 7.48. The van der Waals surface area contributed by atoms with Crippen molar-refractivity contribution in [2.75, 3.05) is 0 Å². The van der Waals surface area contributed by atoms with Crippen LogP contribution in [0.5, 0.6) is 11.5 Å². The monoisotopic (exact) mass is 534 g/mol. The zero-order valence-electron chi connectivity index (χ0n) is 17.0. The first-order valence-electron chi connectivity index (χ1n) is 9.33. The van der Waals surface area contributed by atoms with Crippen LogP contribution in [0.25, 0.3) is 22.3 Å². The van der Waals surface area contributed by atoms with Crippen molar-refractivity contribution >= 4 is 0 Å². The summed E-state index contributed by atoms with van der Waals surface area (Å²) in [6, 6.07) is 1.32. The van der Waals surface area contributed by atoms with Gasteiger partial charge >= 0.3 is 24.7 Å². The molecule has 0 aromatic heterocycles. The third kappa shape index (κ3) is 5.62. The second-order valence-electron chi connectivity index (χ2n) is 7.48. The standard InChI is InChI=1S/C22H10F12O2/c23-19(24,25)11-1-9(2-12(5-11)20(26,27)28)15-7-18(36)16(8-17(15)35)10-3-13(21(29,30)31)6-14(4-10)22(32,33)34/h1-8,35-36H. The number of phenolic OH excluding ortho intramolecular Hbond substituents is 2. The molecule has 0 aliphatic heterocycles. The van der Waals surface area contributed by atoms with E-state index >= 15 is 0 Å². The molecule has 0 saturated heterocycles. The van der Waals surface area contributed by atoms with Crippen LogP contribution in [0, 0.1) is 0 Å². The van der Waals surface area contributed by atoms with Crippen molar-refractivity contribution in [1.82, 2.24) is 0 Å². The summed E-state index contributed by atoms with van der Waals surface area (Å²) in [5.74, 6) is -2.25. The van der Waals surface area contributed by atoms with Gasteiger partial charge in [0, 0.05) is 11.1 Å². The Morgan fingerprint density at radius 3 is 0.778 bits per heavy atom. The number of hydrogen-bond donors (Lipinski definition) is 2. The molecule has 3 aromatic carbocycles. The van der Waals surface area contributed by atoms with Crippen LogP contribution in [-0.2, 0) is 24.7 Å². The molecule has 0 aliphatic carbocycles. The molecule has 0 amide bonds. The summed E-state index contributed by atoms with van der Waals surface area (Å²) in [7, 11) is 0. The Hall–Kier alpha value is -3.58. The normalized spacial score (nSPS) is 13.2. The highest BCUT2D eigenvalue weighted by Gasteiger charge is 2.38. The molecule has 0 spiro atoms. The number of hydrogen-bond acceptors (Lipinski definition) is 2. The molecule has 0 atom stereocenters. The molecule has 194 valence electrons. The van der Waals surface area contributed by atoms with Crippen molar-refractivity contribution in [2.45, 2.75) is 24.7 Å². The fourth-order valence-electron chi connectivity index (χ4n) is 3.26. The van der Waals surface area contributed by atoms with E-state index < -0.39 is 80.7 Å². The Bertz CT molecular complexity index is 1130. The third-order valence-corrected chi connectivity index (χ3v) is 4.91. The van der Waals surface area contributed by atoms with Crippen LogP contribution in [0.15, 0.2) is 48.5 Å². The van der Waals surface area contributed by atoms with E-state index in [1.807, 2.05) is 0 Å². The maximum Gasteiger partial charge on any atom is 0.416 e. The predicted octanol–water partition coefficient (Wildman–Crippen LogP) is 8.51. The molecular weight excluding hydrogens is 524 g/mol. The SMILES string of the molecule is Oc1cc(-c2cc(C(F)(F)F)cc(C(F)(F)F)c2)c(O)cc1-c1cc(C(F)(F)F)cc(C(F)(F)F)c1. The molecule has 14 heteroatoms. The maximum absolute atomic E-state index is 13.1. The second kappa shape index (κ2) is 8.52. The minimum atomic E-state index is -5.25. The van der Waals surface area contributed by atoms with Gasteiger partial charge in [0.25, 0.3) is 0 Å². The summed E-state index contributed by atoms with van der Waals surface area (Å²) in [5, 5.41) is 20.5. The van der Waals surface area contributed by atoms with Crippen molar-refractivity contribution in [3.05, 3.63) is 70.8 Å². The molecule has 36 heavy (non-hydrogen) atoms. The molecule has 0 fully saturated rings. The van der Waals surface area contributed by atoms with Crippen LogP contribution >= 0.6 is 0 Å². The molecular formula is C22H10F12O2. The van der Waals surface area contributed by atoms with E-state index in [2.05, 4.69) is 0 Å². The van der Waals surface area contributed by atoms with Crippen molar-refractivity contribution in [3.63, 3.8) is 0 Å². The van der Waals surface area contributed by atoms with Crippen LogP contribution in [0.1, 0.15) is 22.3 Å². The van der Waals surface area contributed by atoms with Crippen LogP contribution in [-0.4, -0.2) is 10.2 Å². The lowest BCUT2D eigenvalue weighted by Gasteiger charge is -2.17. The van der Waals surface area contributed by atoms with Crippen molar-refractivity contribution in [2.24, 2.45) is 0 Å².